The molecule has 0 saturated heterocycles. The average molecular weight is 305 g/mol. The van der Waals surface area contributed by atoms with Gasteiger partial charge in [-0.2, -0.15) is 0 Å². The molecule has 2 aromatic rings. The molecule has 0 bridgehead atoms. The molecular weight excluding hydrogens is 292 g/mol. The Morgan fingerprint density at radius 2 is 2.10 bits per heavy atom. The summed E-state index contributed by atoms with van der Waals surface area (Å²) in [4.78, 5) is 10.7. The first kappa shape index (κ1) is 13.7. The Hall–Kier alpha value is -2.27. The van der Waals surface area contributed by atoms with E-state index in [-0.39, 0.29) is 11.7 Å². The van der Waals surface area contributed by atoms with Gasteiger partial charge in [0.05, 0.1) is 17.6 Å². The molecule has 3 rings (SSSR count). The van der Waals surface area contributed by atoms with Gasteiger partial charge in [-0.3, -0.25) is 10.1 Å². The minimum atomic E-state index is -0.413. The first-order valence-electron chi connectivity index (χ1n) is 6.57. The zero-order valence-corrected chi connectivity index (χ0v) is 11.8. The van der Waals surface area contributed by atoms with Crippen LogP contribution in [0.2, 0.25) is 5.02 Å². The predicted molar refractivity (Wildman–Crippen MR) is 81.0 cm³/mol. The fraction of sp³-hybridized carbons (Fsp3) is 0.200. The third-order valence-corrected chi connectivity index (χ3v) is 3.68. The molecular formula is C15H13ClN2O3. The fourth-order valence-corrected chi connectivity index (χ4v) is 2.63. The van der Waals surface area contributed by atoms with E-state index in [9.17, 15) is 10.1 Å². The van der Waals surface area contributed by atoms with E-state index in [1.54, 1.807) is 6.07 Å². The zero-order valence-electron chi connectivity index (χ0n) is 11.1. The van der Waals surface area contributed by atoms with Crippen molar-refractivity contribution < 1.29 is 9.66 Å². The Labute approximate surface area is 126 Å². The smallest absolute Gasteiger partial charge is 0.292 e. The van der Waals surface area contributed by atoms with Gasteiger partial charge in [-0.15, -0.1) is 0 Å². The Bertz CT molecular complexity index is 690. The van der Waals surface area contributed by atoms with E-state index in [0.29, 0.717) is 17.3 Å². The Kier molecular flexibility index (Phi) is 3.66. The highest BCUT2D eigenvalue weighted by Crippen LogP contribution is 2.37. The molecule has 0 aromatic heterocycles. The maximum absolute atomic E-state index is 11.1. The topological polar surface area (TPSA) is 64.4 Å². The summed E-state index contributed by atoms with van der Waals surface area (Å²) >= 11 is 5.95. The number of fused-ring (bicyclic) bond motifs is 1. The van der Waals surface area contributed by atoms with Crippen molar-refractivity contribution in [3.05, 3.63) is 63.2 Å². The van der Waals surface area contributed by atoms with Crippen LogP contribution in [0.1, 0.15) is 18.0 Å². The second kappa shape index (κ2) is 5.61. The Morgan fingerprint density at radius 1 is 1.29 bits per heavy atom. The van der Waals surface area contributed by atoms with Gasteiger partial charge in [0.15, 0.2) is 0 Å². The molecule has 21 heavy (non-hydrogen) atoms. The van der Waals surface area contributed by atoms with Gasteiger partial charge in [0.1, 0.15) is 11.4 Å². The van der Waals surface area contributed by atoms with Gasteiger partial charge in [0.2, 0.25) is 0 Å². The number of benzene rings is 2. The molecule has 1 atom stereocenters. The van der Waals surface area contributed by atoms with Crippen LogP contribution in [0.4, 0.5) is 11.4 Å². The first-order chi connectivity index (χ1) is 10.1. The lowest BCUT2D eigenvalue weighted by atomic mass is 10.00. The molecule has 0 spiro atoms. The third kappa shape index (κ3) is 2.78. The average Bonchev–Trinajstić information content (AvgIpc) is 2.47. The molecule has 1 aliphatic rings. The summed E-state index contributed by atoms with van der Waals surface area (Å²) in [5, 5.41) is 14.8. The molecule has 0 fully saturated rings. The summed E-state index contributed by atoms with van der Waals surface area (Å²) in [6.45, 7) is 0.572. The van der Waals surface area contributed by atoms with E-state index >= 15 is 0 Å². The molecule has 0 aliphatic carbocycles. The summed E-state index contributed by atoms with van der Waals surface area (Å²) in [5.41, 5.74) is 1.44. The fourth-order valence-electron chi connectivity index (χ4n) is 2.46. The van der Waals surface area contributed by atoms with Crippen molar-refractivity contribution >= 4 is 23.0 Å². The molecule has 1 aliphatic heterocycles. The van der Waals surface area contributed by atoms with Crippen LogP contribution in [0.15, 0.2) is 42.5 Å². The van der Waals surface area contributed by atoms with Gasteiger partial charge in [-0.05, 0) is 18.2 Å². The Balaban J connectivity index is 1.95. The molecule has 1 unspecified atom stereocenters. The summed E-state index contributed by atoms with van der Waals surface area (Å²) in [5.74, 6) is 0.811. The number of anilines is 1. The van der Waals surface area contributed by atoms with Crippen LogP contribution >= 0.6 is 11.6 Å². The van der Waals surface area contributed by atoms with Crippen LogP contribution in [0.3, 0.4) is 0 Å². The van der Waals surface area contributed by atoms with Crippen LogP contribution in [0, 0.1) is 10.1 Å². The van der Waals surface area contributed by atoms with Crippen LogP contribution in [0.25, 0.3) is 0 Å². The molecule has 0 radical (unpaired) electrons. The van der Waals surface area contributed by atoms with Crippen LogP contribution < -0.4 is 10.1 Å². The van der Waals surface area contributed by atoms with Crippen LogP contribution in [0.5, 0.6) is 5.75 Å². The highest BCUT2D eigenvalue weighted by molar-refractivity contribution is 6.31. The highest BCUT2D eigenvalue weighted by atomic mass is 35.5. The van der Waals surface area contributed by atoms with Gasteiger partial charge >= 0.3 is 0 Å². The normalized spacial score (nSPS) is 16.7. The molecule has 2 aromatic carbocycles. The lowest BCUT2D eigenvalue weighted by Crippen LogP contribution is -2.20. The SMILES string of the molecule is O=[N+]([O-])c1ccc(Cl)cc1NC1CCOc2ccccc21. The second-order valence-electron chi connectivity index (χ2n) is 4.79. The monoisotopic (exact) mass is 304 g/mol. The van der Waals surface area contributed by atoms with Gasteiger partial charge in [0, 0.05) is 23.1 Å². The number of halogens is 1. The maximum atomic E-state index is 11.1. The number of hydrogen-bond acceptors (Lipinski definition) is 4. The molecule has 5 nitrogen and oxygen atoms in total. The molecule has 1 N–H and O–H groups in total. The van der Waals surface area contributed by atoms with Gasteiger partial charge in [0.25, 0.3) is 5.69 Å². The second-order valence-corrected chi connectivity index (χ2v) is 5.23. The number of nitro groups is 1. The molecule has 0 saturated carbocycles. The first-order valence-corrected chi connectivity index (χ1v) is 6.95. The third-order valence-electron chi connectivity index (χ3n) is 3.44. The lowest BCUT2D eigenvalue weighted by molar-refractivity contribution is -0.384. The molecule has 1 heterocycles. The lowest BCUT2D eigenvalue weighted by Gasteiger charge is -2.27. The zero-order chi connectivity index (χ0) is 14.8. The minimum Gasteiger partial charge on any atom is -0.493 e. The van der Waals surface area contributed by atoms with E-state index in [2.05, 4.69) is 5.32 Å². The van der Waals surface area contributed by atoms with Crippen molar-refractivity contribution in [3.63, 3.8) is 0 Å². The summed E-state index contributed by atoms with van der Waals surface area (Å²) in [6, 6.07) is 12.2. The van der Waals surface area contributed by atoms with Crippen LogP contribution in [-0.2, 0) is 0 Å². The van der Waals surface area contributed by atoms with Crippen LogP contribution in [-0.4, -0.2) is 11.5 Å². The van der Waals surface area contributed by atoms with Crippen molar-refractivity contribution in [1.29, 1.82) is 0 Å². The van der Waals surface area contributed by atoms with Crippen molar-refractivity contribution in [3.8, 4) is 5.75 Å². The number of nitrogens with zero attached hydrogens (tertiary/aromatic N) is 1. The van der Waals surface area contributed by atoms with Gasteiger partial charge in [-0.25, -0.2) is 0 Å². The summed E-state index contributed by atoms with van der Waals surface area (Å²) in [7, 11) is 0. The minimum absolute atomic E-state index is 0.0170. The van der Waals surface area contributed by atoms with Crippen molar-refractivity contribution in [2.75, 3.05) is 11.9 Å². The molecule has 108 valence electrons. The standard InChI is InChI=1S/C15H13ClN2O3/c16-10-5-6-14(18(19)20)13(9-10)17-12-7-8-21-15-4-2-1-3-11(12)15/h1-6,9,12,17H,7-8H2. The predicted octanol–water partition coefficient (Wildman–Crippen LogP) is 4.18. The van der Waals surface area contributed by atoms with Gasteiger partial charge < -0.3 is 10.1 Å². The number of ether oxygens (including phenoxy) is 1. The highest BCUT2D eigenvalue weighted by Gasteiger charge is 2.24. The summed E-state index contributed by atoms with van der Waals surface area (Å²) < 4.78 is 5.59. The number of hydrogen-bond donors (Lipinski definition) is 1. The van der Waals surface area contributed by atoms with E-state index in [1.807, 2.05) is 24.3 Å². The largest absolute Gasteiger partial charge is 0.493 e. The van der Waals surface area contributed by atoms with Crippen molar-refractivity contribution in [1.82, 2.24) is 0 Å². The number of rotatable bonds is 3. The molecule has 6 heteroatoms. The molecule has 0 amide bonds. The quantitative estimate of drug-likeness (QED) is 0.682. The Morgan fingerprint density at radius 3 is 2.90 bits per heavy atom. The van der Waals surface area contributed by atoms with E-state index in [4.69, 9.17) is 16.3 Å². The maximum Gasteiger partial charge on any atom is 0.292 e. The number of para-hydroxylation sites is 1. The summed E-state index contributed by atoms with van der Waals surface area (Å²) in [6.07, 6.45) is 0.737. The number of nitrogens with one attached hydrogen (secondary N) is 1. The van der Waals surface area contributed by atoms with Gasteiger partial charge in [-0.1, -0.05) is 29.8 Å². The van der Waals surface area contributed by atoms with Crippen molar-refractivity contribution in [2.24, 2.45) is 0 Å². The number of nitro benzene ring substituents is 1. The van der Waals surface area contributed by atoms with E-state index in [1.165, 1.54) is 12.1 Å². The van der Waals surface area contributed by atoms with E-state index in [0.717, 1.165) is 17.7 Å². The van der Waals surface area contributed by atoms with Crippen molar-refractivity contribution in [2.45, 2.75) is 12.5 Å². The van der Waals surface area contributed by atoms with E-state index < -0.39 is 4.92 Å².